The Bertz CT molecular complexity index is 1320. The van der Waals surface area contributed by atoms with Crippen molar-refractivity contribution < 1.29 is 23.9 Å². The molecule has 0 radical (unpaired) electrons. The molecule has 1 aliphatic rings. The van der Waals surface area contributed by atoms with Gasteiger partial charge < -0.3 is 14.6 Å². The van der Waals surface area contributed by atoms with Gasteiger partial charge in [-0.3, -0.25) is 14.5 Å². The number of nitrogens with one attached hydrogen (secondary N) is 1. The third-order valence-electron chi connectivity index (χ3n) is 6.28. The largest absolute Gasteiger partial charge is 0.454 e. The number of Topliss-reactive ketones (excluding diaryl/α,β-unsaturated/α-hetero) is 1. The molecule has 180 valence electrons. The van der Waals surface area contributed by atoms with E-state index in [-0.39, 0.29) is 37.0 Å². The van der Waals surface area contributed by atoms with E-state index in [1.54, 1.807) is 24.3 Å². The van der Waals surface area contributed by atoms with E-state index < -0.39 is 12.0 Å². The van der Waals surface area contributed by atoms with Gasteiger partial charge in [-0.2, -0.15) is 0 Å². The molecule has 1 fully saturated rings. The zero-order chi connectivity index (χ0) is 25.3. The average Bonchev–Trinajstić information content (AvgIpc) is 3.31. The molecule has 0 unspecified atom stereocenters. The lowest BCUT2D eigenvalue weighted by atomic mass is 10.1. The van der Waals surface area contributed by atoms with E-state index in [1.165, 1.54) is 5.56 Å². The average molecular weight is 474 g/mol. The van der Waals surface area contributed by atoms with Gasteiger partial charge in [0.1, 0.15) is 0 Å². The second-order valence-electron chi connectivity index (χ2n) is 8.72. The summed E-state index contributed by atoms with van der Waals surface area (Å²) in [4.78, 5) is 49.8. The number of ether oxygens (including phenoxy) is 1. The van der Waals surface area contributed by atoms with Crippen LogP contribution < -0.4 is 5.32 Å². The quantitative estimate of drug-likeness (QED) is 0.320. The molecule has 3 amide bonds. The fourth-order valence-electron chi connectivity index (χ4n) is 4.14. The highest BCUT2D eigenvalue weighted by Gasteiger charge is 2.28. The molecule has 1 N–H and O–H groups in total. The first-order valence-electron chi connectivity index (χ1n) is 11.3. The zero-order valence-electron chi connectivity index (χ0n) is 20.2. The maximum atomic E-state index is 12.9. The fourth-order valence-corrected chi connectivity index (χ4v) is 4.14. The highest BCUT2D eigenvalue weighted by Crippen LogP contribution is 2.23. The van der Waals surface area contributed by atoms with Crippen LogP contribution >= 0.6 is 0 Å². The van der Waals surface area contributed by atoms with E-state index in [1.807, 2.05) is 37.5 Å². The molecule has 2 heterocycles. The summed E-state index contributed by atoms with van der Waals surface area (Å²) in [6.07, 6.45) is 0. The molecule has 4 rings (SSSR count). The Morgan fingerprint density at radius 2 is 1.66 bits per heavy atom. The molecule has 2 aromatic carbocycles. The van der Waals surface area contributed by atoms with Crippen molar-refractivity contribution in [2.75, 3.05) is 13.2 Å². The number of hydrogen-bond acceptors (Lipinski definition) is 5. The van der Waals surface area contributed by atoms with Gasteiger partial charge in [0.15, 0.2) is 6.61 Å². The number of benzene rings is 2. The monoisotopic (exact) mass is 473 g/mol. The Morgan fingerprint density at radius 3 is 2.29 bits per heavy atom. The number of esters is 1. The predicted octanol–water partition coefficient (Wildman–Crippen LogP) is 3.80. The van der Waals surface area contributed by atoms with E-state index in [0.29, 0.717) is 11.1 Å². The summed E-state index contributed by atoms with van der Waals surface area (Å²) in [7, 11) is 0. The Balaban J connectivity index is 1.40. The third-order valence-corrected chi connectivity index (χ3v) is 6.28. The Hall–Kier alpha value is -4.20. The molecule has 8 nitrogen and oxygen atoms in total. The number of amides is 3. The molecule has 1 saturated heterocycles. The Labute approximate surface area is 203 Å². The number of nitrogens with zero attached hydrogens (tertiary/aromatic N) is 2. The standard InChI is InChI=1S/C27H27N3O5/c1-16-5-10-22(11-17(16)2)30-18(3)12-23(19(30)4)24(31)15-35-26(33)21-8-6-20(7-9-21)14-29-25(32)13-28-27(29)34/h5-12H,13-15H2,1-4H3,(H,28,34). The van der Waals surface area contributed by atoms with Crippen molar-refractivity contribution in [3.05, 3.63) is 87.7 Å². The number of imide groups is 1. The van der Waals surface area contributed by atoms with Crippen LogP contribution in [0.4, 0.5) is 4.79 Å². The fraction of sp³-hybridized carbons (Fsp3) is 0.259. The number of aromatic nitrogens is 1. The van der Waals surface area contributed by atoms with Crippen LogP contribution in [0.5, 0.6) is 0 Å². The van der Waals surface area contributed by atoms with Crippen LogP contribution in [0.15, 0.2) is 48.5 Å². The van der Waals surface area contributed by atoms with Crippen molar-refractivity contribution >= 4 is 23.7 Å². The third kappa shape index (κ3) is 4.87. The first-order chi connectivity index (χ1) is 16.7. The predicted molar refractivity (Wildman–Crippen MR) is 130 cm³/mol. The first kappa shape index (κ1) is 23.9. The molecule has 0 saturated carbocycles. The van der Waals surface area contributed by atoms with Crippen LogP contribution in [-0.4, -0.2) is 46.3 Å². The lowest BCUT2D eigenvalue weighted by Gasteiger charge is -2.12. The van der Waals surface area contributed by atoms with Gasteiger partial charge in [-0.05, 0) is 74.7 Å². The van der Waals surface area contributed by atoms with Gasteiger partial charge in [-0.15, -0.1) is 0 Å². The van der Waals surface area contributed by atoms with Gasteiger partial charge in [-0.25, -0.2) is 9.59 Å². The number of ketones is 1. The number of rotatable bonds is 7. The SMILES string of the molecule is Cc1ccc(-n2c(C)cc(C(=O)COC(=O)c3ccc(CN4C(=O)CNC4=O)cc3)c2C)cc1C. The number of carbonyl (C=O) groups excluding carboxylic acids is 4. The minimum atomic E-state index is -0.622. The van der Waals surface area contributed by atoms with Crippen molar-refractivity contribution in [1.29, 1.82) is 0 Å². The molecule has 35 heavy (non-hydrogen) atoms. The molecule has 0 bridgehead atoms. The molecule has 1 aliphatic heterocycles. The van der Waals surface area contributed by atoms with E-state index in [9.17, 15) is 19.2 Å². The van der Waals surface area contributed by atoms with Crippen LogP contribution in [0.25, 0.3) is 5.69 Å². The van der Waals surface area contributed by atoms with Crippen LogP contribution in [0.3, 0.4) is 0 Å². The minimum absolute atomic E-state index is 0.00961. The highest BCUT2D eigenvalue weighted by atomic mass is 16.5. The lowest BCUT2D eigenvalue weighted by molar-refractivity contribution is -0.125. The van der Waals surface area contributed by atoms with Crippen molar-refractivity contribution in [2.45, 2.75) is 34.2 Å². The molecule has 1 aromatic heterocycles. The molecular weight excluding hydrogens is 446 g/mol. The van der Waals surface area contributed by atoms with Crippen LogP contribution in [0, 0.1) is 27.7 Å². The maximum absolute atomic E-state index is 12.9. The van der Waals surface area contributed by atoms with Gasteiger partial charge in [-0.1, -0.05) is 18.2 Å². The summed E-state index contributed by atoms with van der Waals surface area (Å²) in [5.74, 6) is -1.20. The van der Waals surface area contributed by atoms with Crippen LogP contribution in [0.1, 0.15) is 48.8 Å². The summed E-state index contributed by atoms with van der Waals surface area (Å²) in [5, 5.41) is 2.46. The lowest BCUT2D eigenvalue weighted by Crippen LogP contribution is -2.30. The molecule has 3 aromatic rings. The Kier molecular flexibility index (Phi) is 6.55. The second-order valence-corrected chi connectivity index (χ2v) is 8.72. The second kappa shape index (κ2) is 9.58. The van der Waals surface area contributed by atoms with Crippen LogP contribution in [0.2, 0.25) is 0 Å². The summed E-state index contributed by atoms with van der Waals surface area (Å²) in [6, 6.07) is 13.9. The number of aryl methyl sites for hydroxylation is 3. The highest BCUT2D eigenvalue weighted by molar-refractivity contribution is 6.02. The van der Waals surface area contributed by atoms with Crippen molar-refractivity contribution in [3.63, 3.8) is 0 Å². The van der Waals surface area contributed by atoms with Gasteiger partial charge in [0.2, 0.25) is 11.7 Å². The first-order valence-corrected chi connectivity index (χ1v) is 11.3. The maximum Gasteiger partial charge on any atom is 0.338 e. The molecule has 0 aliphatic carbocycles. The van der Waals surface area contributed by atoms with E-state index >= 15 is 0 Å². The van der Waals surface area contributed by atoms with E-state index in [4.69, 9.17) is 4.74 Å². The van der Waals surface area contributed by atoms with Gasteiger partial charge in [0, 0.05) is 22.6 Å². The number of carbonyl (C=O) groups is 4. The Morgan fingerprint density at radius 1 is 0.943 bits per heavy atom. The van der Waals surface area contributed by atoms with Gasteiger partial charge >= 0.3 is 12.0 Å². The van der Waals surface area contributed by atoms with Crippen molar-refractivity contribution in [1.82, 2.24) is 14.8 Å². The van der Waals surface area contributed by atoms with Crippen LogP contribution in [-0.2, 0) is 16.1 Å². The zero-order valence-corrected chi connectivity index (χ0v) is 20.2. The van der Waals surface area contributed by atoms with Gasteiger partial charge in [0.05, 0.1) is 18.7 Å². The molecular formula is C27H27N3O5. The van der Waals surface area contributed by atoms with E-state index in [2.05, 4.69) is 24.4 Å². The minimum Gasteiger partial charge on any atom is -0.454 e. The van der Waals surface area contributed by atoms with Crippen molar-refractivity contribution in [2.24, 2.45) is 0 Å². The van der Waals surface area contributed by atoms with Crippen molar-refractivity contribution in [3.8, 4) is 5.69 Å². The summed E-state index contributed by atoms with van der Waals surface area (Å²) >= 11 is 0. The number of urea groups is 1. The number of hydrogen-bond donors (Lipinski definition) is 1. The summed E-state index contributed by atoms with van der Waals surface area (Å²) in [6.45, 7) is 7.65. The molecule has 8 heteroatoms. The topological polar surface area (TPSA) is 97.7 Å². The molecule has 0 spiro atoms. The van der Waals surface area contributed by atoms with Gasteiger partial charge in [0.25, 0.3) is 0 Å². The van der Waals surface area contributed by atoms with E-state index in [0.717, 1.165) is 27.5 Å². The smallest absolute Gasteiger partial charge is 0.338 e. The molecule has 0 atom stereocenters. The summed E-state index contributed by atoms with van der Waals surface area (Å²) < 4.78 is 7.29. The summed E-state index contributed by atoms with van der Waals surface area (Å²) in [5.41, 5.74) is 6.53. The normalized spacial score (nSPS) is 13.2.